The van der Waals surface area contributed by atoms with Gasteiger partial charge >= 0.3 is 0 Å². The Labute approximate surface area is 99.3 Å². The van der Waals surface area contributed by atoms with E-state index in [0.717, 1.165) is 45.9 Å². The average molecular weight is 230 g/mol. The molecule has 0 aromatic rings. The first-order valence-corrected chi connectivity index (χ1v) is 6.36. The van der Waals surface area contributed by atoms with Crippen LogP contribution in [0.2, 0.25) is 0 Å². The van der Waals surface area contributed by atoms with Gasteiger partial charge in [-0.15, -0.1) is 0 Å². The normalized spacial score (nSPS) is 25.5. The zero-order valence-corrected chi connectivity index (χ0v) is 10.9. The van der Waals surface area contributed by atoms with Crippen LogP contribution < -0.4 is 5.32 Å². The molecule has 0 bridgehead atoms. The molecule has 2 unspecified atom stereocenters. The summed E-state index contributed by atoms with van der Waals surface area (Å²) in [6.07, 6.45) is 1.55. The highest BCUT2D eigenvalue weighted by atomic mass is 16.5. The maximum absolute atomic E-state index is 5.56. The largest absolute Gasteiger partial charge is 0.380 e. The Balaban J connectivity index is 1.99. The number of hydrogen-bond donors (Lipinski definition) is 1. The highest BCUT2D eigenvalue weighted by Gasteiger charge is 2.27. The van der Waals surface area contributed by atoms with Crippen LogP contribution in [0.15, 0.2) is 0 Å². The molecule has 2 atom stereocenters. The molecular weight excluding hydrogens is 204 g/mol. The van der Waals surface area contributed by atoms with Crippen molar-refractivity contribution < 1.29 is 9.47 Å². The molecule has 0 aromatic carbocycles. The van der Waals surface area contributed by atoms with Crippen molar-refractivity contribution in [2.75, 3.05) is 46.5 Å². The van der Waals surface area contributed by atoms with Gasteiger partial charge in [-0.25, -0.2) is 0 Å². The van der Waals surface area contributed by atoms with Gasteiger partial charge in [0, 0.05) is 38.9 Å². The molecule has 0 aliphatic carbocycles. The van der Waals surface area contributed by atoms with E-state index in [9.17, 15) is 0 Å². The van der Waals surface area contributed by atoms with Gasteiger partial charge in [-0.1, -0.05) is 0 Å². The molecule has 16 heavy (non-hydrogen) atoms. The summed E-state index contributed by atoms with van der Waals surface area (Å²) in [6.45, 7) is 9.75. The summed E-state index contributed by atoms with van der Waals surface area (Å²) >= 11 is 0. The van der Waals surface area contributed by atoms with Crippen LogP contribution in [-0.2, 0) is 9.47 Å². The van der Waals surface area contributed by atoms with Crippen molar-refractivity contribution in [2.45, 2.75) is 32.4 Å². The van der Waals surface area contributed by atoms with Crippen molar-refractivity contribution in [3.63, 3.8) is 0 Å². The van der Waals surface area contributed by atoms with Gasteiger partial charge < -0.3 is 14.8 Å². The summed E-state index contributed by atoms with van der Waals surface area (Å²) in [5.74, 6) is 0. The first-order valence-electron chi connectivity index (χ1n) is 6.36. The third kappa shape index (κ3) is 4.78. The van der Waals surface area contributed by atoms with Crippen LogP contribution in [0.3, 0.4) is 0 Å². The molecule has 1 heterocycles. The van der Waals surface area contributed by atoms with Crippen molar-refractivity contribution >= 4 is 0 Å². The quantitative estimate of drug-likeness (QED) is 0.623. The van der Waals surface area contributed by atoms with E-state index in [1.807, 2.05) is 6.92 Å². The molecule has 4 nitrogen and oxygen atoms in total. The molecule has 4 heteroatoms. The Morgan fingerprint density at radius 1 is 1.44 bits per heavy atom. The fourth-order valence-electron chi connectivity index (χ4n) is 2.13. The lowest BCUT2D eigenvalue weighted by molar-refractivity contribution is 0.0836. The van der Waals surface area contributed by atoms with E-state index in [-0.39, 0.29) is 0 Å². The number of rotatable bonds is 8. The molecule has 0 amide bonds. The standard InChI is InChI=1S/C12H26N2O2/c1-4-15-10-7-13-6-8-14(3)12-5-9-16-11(12)2/h11-13H,4-10H2,1-3H3. The van der Waals surface area contributed by atoms with E-state index in [1.54, 1.807) is 0 Å². The summed E-state index contributed by atoms with van der Waals surface area (Å²) in [4.78, 5) is 2.39. The van der Waals surface area contributed by atoms with Crippen LogP contribution in [0.25, 0.3) is 0 Å². The summed E-state index contributed by atoms with van der Waals surface area (Å²) in [7, 11) is 2.18. The Morgan fingerprint density at radius 2 is 2.25 bits per heavy atom. The Hall–Kier alpha value is -0.160. The minimum absolute atomic E-state index is 0.383. The van der Waals surface area contributed by atoms with Crippen molar-refractivity contribution in [1.82, 2.24) is 10.2 Å². The van der Waals surface area contributed by atoms with Gasteiger partial charge in [-0.05, 0) is 27.3 Å². The third-order valence-electron chi connectivity index (χ3n) is 3.17. The summed E-state index contributed by atoms with van der Waals surface area (Å²) in [5, 5.41) is 3.38. The summed E-state index contributed by atoms with van der Waals surface area (Å²) in [5.41, 5.74) is 0. The highest BCUT2D eigenvalue weighted by molar-refractivity contribution is 4.80. The van der Waals surface area contributed by atoms with Gasteiger partial charge in [-0.2, -0.15) is 0 Å². The van der Waals surface area contributed by atoms with E-state index < -0.39 is 0 Å². The fraction of sp³-hybridized carbons (Fsp3) is 1.00. The Morgan fingerprint density at radius 3 is 2.88 bits per heavy atom. The molecule has 0 spiro atoms. The number of ether oxygens (including phenoxy) is 2. The van der Waals surface area contributed by atoms with E-state index >= 15 is 0 Å². The number of nitrogens with zero attached hydrogens (tertiary/aromatic N) is 1. The second-order valence-corrected chi connectivity index (χ2v) is 4.36. The maximum Gasteiger partial charge on any atom is 0.0702 e. The van der Waals surface area contributed by atoms with Crippen molar-refractivity contribution in [3.8, 4) is 0 Å². The lowest BCUT2D eigenvalue weighted by Crippen LogP contribution is -2.41. The van der Waals surface area contributed by atoms with Crippen LogP contribution in [-0.4, -0.2) is 63.5 Å². The number of likely N-dealkylation sites (N-methyl/N-ethyl adjacent to an activating group) is 1. The molecule has 0 radical (unpaired) electrons. The molecule has 1 aliphatic rings. The van der Waals surface area contributed by atoms with Gasteiger partial charge in [0.2, 0.25) is 0 Å². The van der Waals surface area contributed by atoms with Crippen LogP contribution in [0, 0.1) is 0 Å². The Bertz CT molecular complexity index is 178. The first-order chi connectivity index (χ1) is 7.75. The predicted octanol–water partition coefficient (Wildman–Crippen LogP) is 0.722. The smallest absolute Gasteiger partial charge is 0.0702 e. The minimum Gasteiger partial charge on any atom is -0.380 e. The van der Waals surface area contributed by atoms with Crippen LogP contribution in [0.4, 0.5) is 0 Å². The number of hydrogen-bond acceptors (Lipinski definition) is 4. The van der Waals surface area contributed by atoms with E-state index in [4.69, 9.17) is 9.47 Å². The molecule has 1 saturated heterocycles. The van der Waals surface area contributed by atoms with Crippen molar-refractivity contribution in [3.05, 3.63) is 0 Å². The van der Waals surface area contributed by atoms with E-state index in [0.29, 0.717) is 12.1 Å². The summed E-state index contributed by atoms with van der Waals surface area (Å²) in [6, 6.07) is 0.591. The summed E-state index contributed by atoms with van der Waals surface area (Å²) < 4.78 is 10.8. The van der Waals surface area contributed by atoms with Gasteiger partial charge in [-0.3, -0.25) is 4.90 Å². The van der Waals surface area contributed by atoms with E-state index in [2.05, 4.69) is 24.2 Å². The molecule has 1 aliphatic heterocycles. The predicted molar refractivity (Wildman–Crippen MR) is 65.8 cm³/mol. The van der Waals surface area contributed by atoms with Crippen molar-refractivity contribution in [2.24, 2.45) is 0 Å². The molecule has 0 saturated carbocycles. The van der Waals surface area contributed by atoms with Crippen LogP contribution in [0.1, 0.15) is 20.3 Å². The lowest BCUT2D eigenvalue weighted by atomic mass is 10.1. The lowest BCUT2D eigenvalue weighted by Gasteiger charge is -2.26. The average Bonchev–Trinajstić information content (AvgIpc) is 2.69. The minimum atomic E-state index is 0.383. The second kappa shape index (κ2) is 8.01. The number of nitrogens with one attached hydrogen (secondary N) is 1. The topological polar surface area (TPSA) is 33.7 Å². The second-order valence-electron chi connectivity index (χ2n) is 4.36. The van der Waals surface area contributed by atoms with Gasteiger partial charge in [0.15, 0.2) is 0 Å². The molecular formula is C12H26N2O2. The molecule has 1 N–H and O–H groups in total. The van der Waals surface area contributed by atoms with Gasteiger partial charge in [0.1, 0.15) is 0 Å². The zero-order valence-electron chi connectivity index (χ0n) is 10.9. The van der Waals surface area contributed by atoms with Crippen LogP contribution in [0.5, 0.6) is 0 Å². The first kappa shape index (κ1) is 13.9. The van der Waals surface area contributed by atoms with E-state index in [1.165, 1.54) is 0 Å². The van der Waals surface area contributed by atoms with Crippen LogP contribution >= 0.6 is 0 Å². The SMILES string of the molecule is CCOCCNCCN(C)C1CCOC1C. The monoisotopic (exact) mass is 230 g/mol. The zero-order chi connectivity index (χ0) is 11.8. The fourth-order valence-corrected chi connectivity index (χ4v) is 2.13. The molecule has 1 rings (SSSR count). The van der Waals surface area contributed by atoms with Gasteiger partial charge in [0.25, 0.3) is 0 Å². The molecule has 96 valence electrons. The highest BCUT2D eigenvalue weighted by Crippen LogP contribution is 2.17. The maximum atomic E-state index is 5.56. The van der Waals surface area contributed by atoms with Crippen molar-refractivity contribution in [1.29, 1.82) is 0 Å². The molecule has 1 fully saturated rings. The molecule has 0 aromatic heterocycles. The third-order valence-corrected chi connectivity index (χ3v) is 3.17. The van der Waals surface area contributed by atoms with Gasteiger partial charge in [0.05, 0.1) is 12.7 Å². The Kier molecular flexibility index (Phi) is 6.96.